The molecule has 1 N–H and O–H groups in total. The maximum Gasteiger partial charge on any atom is 0.122 e. The minimum absolute atomic E-state index is 0.0378. The van der Waals surface area contributed by atoms with Crippen LogP contribution >= 0.6 is 11.3 Å². The highest BCUT2D eigenvalue weighted by Gasteiger charge is 2.26. The Hall–Kier alpha value is -1.19. The molecule has 0 aliphatic heterocycles. The molecule has 0 bridgehead atoms. The van der Waals surface area contributed by atoms with Crippen molar-refractivity contribution in [3.05, 3.63) is 51.5 Å². The van der Waals surface area contributed by atoms with Gasteiger partial charge in [0.1, 0.15) is 6.10 Å². The lowest BCUT2D eigenvalue weighted by molar-refractivity contribution is 0.212. The molecule has 1 fully saturated rings. The van der Waals surface area contributed by atoms with Gasteiger partial charge < -0.3 is 5.11 Å². The highest BCUT2D eigenvalue weighted by molar-refractivity contribution is 7.09. The summed E-state index contributed by atoms with van der Waals surface area (Å²) >= 11 is 1.64. The summed E-state index contributed by atoms with van der Waals surface area (Å²) < 4.78 is 0. The van der Waals surface area contributed by atoms with E-state index in [1.165, 1.54) is 24.8 Å². The van der Waals surface area contributed by atoms with E-state index in [0.29, 0.717) is 5.92 Å². The zero-order valence-electron chi connectivity index (χ0n) is 13.0. The molecular formula is C18H23NOS. The molecule has 2 aromatic rings. The van der Waals surface area contributed by atoms with Gasteiger partial charge in [-0.3, -0.25) is 0 Å². The Morgan fingerprint density at radius 3 is 2.52 bits per heavy atom. The molecule has 3 rings (SSSR count). The molecule has 3 heteroatoms. The molecule has 1 aliphatic carbocycles. The highest BCUT2D eigenvalue weighted by atomic mass is 32.1. The number of thiazole rings is 1. The summed E-state index contributed by atoms with van der Waals surface area (Å²) in [6, 6.07) is 8.30. The van der Waals surface area contributed by atoms with Crippen molar-refractivity contribution in [2.75, 3.05) is 0 Å². The molecule has 1 aromatic carbocycles. The fourth-order valence-corrected chi connectivity index (χ4v) is 3.69. The van der Waals surface area contributed by atoms with Gasteiger partial charge in [0.2, 0.25) is 0 Å². The molecule has 1 aromatic heterocycles. The van der Waals surface area contributed by atoms with Crippen LogP contribution in [0.5, 0.6) is 0 Å². The summed E-state index contributed by atoms with van der Waals surface area (Å²) in [5.74, 6) is 0.622. The van der Waals surface area contributed by atoms with Crippen molar-refractivity contribution in [1.29, 1.82) is 0 Å². The van der Waals surface area contributed by atoms with Crippen LogP contribution in [-0.2, 0) is 5.41 Å². The van der Waals surface area contributed by atoms with Gasteiger partial charge in [0.15, 0.2) is 0 Å². The fourth-order valence-electron chi connectivity index (χ4n) is 2.77. The summed E-state index contributed by atoms with van der Waals surface area (Å²) in [5, 5.41) is 13.8. The zero-order chi connectivity index (χ0) is 15.0. The first-order valence-corrected chi connectivity index (χ1v) is 8.57. The van der Waals surface area contributed by atoms with Gasteiger partial charge in [-0.15, -0.1) is 11.3 Å². The second-order valence-electron chi connectivity index (χ2n) is 6.99. The lowest BCUT2D eigenvalue weighted by atomic mass is 9.77. The molecule has 0 radical (unpaired) electrons. The van der Waals surface area contributed by atoms with Crippen LogP contribution in [0.2, 0.25) is 0 Å². The number of rotatable bonds is 3. The van der Waals surface area contributed by atoms with E-state index in [1.54, 1.807) is 11.3 Å². The third kappa shape index (κ3) is 2.90. The molecule has 1 aliphatic rings. The van der Waals surface area contributed by atoms with E-state index in [-0.39, 0.29) is 5.41 Å². The molecule has 0 amide bonds. The van der Waals surface area contributed by atoms with Gasteiger partial charge in [-0.1, -0.05) is 51.5 Å². The maximum atomic E-state index is 10.8. The predicted molar refractivity (Wildman–Crippen MR) is 87.9 cm³/mol. The van der Waals surface area contributed by atoms with Crippen LogP contribution in [0.3, 0.4) is 0 Å². The average Bonchev–Trinajstić information content (AvgIpc) is 2.86. The van der Waals surface area contributed by atoms with Gasteiger partial charge in [-0.2, -0.15) is 0 Å². The van der Waals surface area contributed by atoms with E-state index in [0.717, 1.165) is 16.3 Å². The zero-order valence-corrected chi connectivity index (χ0v) is 13.8. The van der Waals surface area contributed by atoms with Crippen molar-refractivity contribution in [1.82, 2.24) is 4.98 Å². The normalized spacial score (nSPS) is 17.5. The van der Waals surface area contributed by atoms with Crippen LogP contribution in [0.4, 0.5) is 0 Å². The first-order valence-electron chi connectivity index (χ1n) is 7.69. The van der Waals surface area contributed by atoms with Crippen molar-refractivity contribution >= 4 is 11.3 Å². The number of aromatic nitrogens is 1. The lowest BCUT2D eigenvalue weighted by Gasteiger charge is -2.29. The Morgan fingerprint density at radius 2 is 1.95 bits per heavy atom. The van der Waals surface area contributed by atoms with E-state index in [4.69, 9.17) is 0 Å². The average molecular weight is 301 g/mol. The molecule has 1 atom stereocenters. The first-order chi connectivity index (χ1) is 9.97. The number of aliphatic hydroxyl groups is 1. The molecule has 1 saturated carbocycles. The topological polar surface area (TPSA) is 33.1 Å². The summed E-state index contributed by atoms with van der Waals surface area (Å²) in [5.41, 5.74) is 3.17. The number of hydrogen-bond donors (Lipinski definition) is 1. The Kier molecular flexibility index (Phi) is 3.89. The van der Waals surface area contributed by atoms with Crippen molar-refractivity contribution in [3.63, 3.8) is 0 Å². The van der Waals surface area contributed by atoms with Gasteiger partial charge in [-0.25, -0.2) is 4.98 Å². The second-order valence-corrected chi connectivity index (χ2v) is 7.84. The third-order valence-corrected chi connectivity index (χ3v) is 5.57. The third-order valence-electron chi connectivity index (χ3n) is 4.28. The standard InChI is InChI=1S/C18H23NOS/c1-18(2,3)17-19-15(11-21-17)16(20)14-10-5-4-9-13(14)12-7-6-8-12/h4-5,9-12,16,20H,6-8H2,1-3H3. The van der Waals surface area contributed by atoms with Crippen molar-refractivity contribution in [3.8, 4) is 0 Å². The maximum absolute atomic E-state index is 10.8. The highest BCUT2D eigenvalue weighted by Crippen LogP contribution is 2.41. The minimum Gasteiger partial charge on any atom is -0.382 e. The number of benzene rings is 1. The molecule has 112 valence electrons. The van der Waals surface area contributed by atoms with E-state index in [9.17, 15) is 5.11 Å². The van der Waals surface area contributed by atoms with Crippen LogP contribution in [0.25, 0.3) is 0 Å². The second kappa shape index (κ2) is 5.54. The summed E-state index contributed by atoms with van der Waals surface area (Å²) in [7, 11) is 0. The Bertz CT molecular complexity index is 622. The molecule has 21 heavy (non-hydrogen) atoms. The largest absolute Gasteiger partial charge is 0.382 e. The van der Waals surface area contributed by atoms with E-state index < -0.39 is 6.10 Å². The van der Waals surface area contributed by atoms with Crippen LogP contribution < -0.4 is 0 Å². The van der Waals surface area contributed by atoms with Gasteiger partial charge in [0.05, 0.1) is 10.7 Å². The Morgan fingerprint density at radius 1 is 1.24 bits per heavy atom. The SMILES string of the molecule is CC(C)(C)c1nc(C(O)c2ccccc2C2CCC2)cs1. The van der Waals surface area contributed by atoms with Crippen molar-refractivity contribution in [2.45, 2.75) is 57.5 Å². The van der Waals surface area contributed by atoms with E-state index in [1.807, 2.05) is 11.4 Å². The molecular weight excluding hydrogens is 278 g/mol. The number of hydrogen-bond acceptors (Lipinski definition) is 3. The van der Waals surface area contributed by atoms with Gasteiger partial charge in [-0.05, 0) is 29.9 Å². The van der Waals surface area contributed by atoms with Crippen LogP contribution in [0, 0.1) is 0 Å². The molecule has 0 saturated heterocycles. The summed E-state index contributed by atoms with van der Waals surface area (Å²) in [6.45, 7) is 6.47. The molecule has 2 nitrogen and oxygen atoms in total. The monoisotopic (exact) mass is 301 g/mol. The first kappa shape index (κ1) is 14.7. The number of aliphatic hydroxyl groups excluding tert-OH is 1. The van der Waals surface area contributed by atoms with E-state index in [2.05, 4.69) is 44.0 Å². The van der Waals surface area contributed by atoms with Crippen molar-refractivity contribution in [2.24, 2.45) is 0 Å². The van der Waals surface area contributed by atoms with Crippen LogP contribution in [-0.4, -0.2) is 10.1 Å². The summed E-state index contributed by atoms with van der Waals surface area (Å²) in [4.78, 5) is 4.67. The van der Waals surface area contributed by atoms with Gasteiger partial charge in [0.25, 0.3) is 0 Å². The van der Waals surface area contributed by atoms with E-state index >= 15 is 0 Å². The van der Waals surface area contributed by atoms with Gasteiger partial charge >= 0.3 is 0 Å². The van der Waals surface area contributed by atoms with Crippen LogP contribution in [0.15, 0.2) is 29.6 Å². The smallest absolute Gasteiger partial charge is 0.122 e. The van der Waals surface area contributed by atoms with Crippen LogP contribution in [0.1, 0.15) is 73.9 Å². The Labute approximate surface area is 130 Å². The Balaban J connectivity index is 1.91. The fraction of sp³-hybridized carbons (Fsp3) is 0.500. The minimum atomic E-state index is -0.603. The van der Waals surface area contributed by atoms with Gasteiger partial charge in [0, 0.05) is 10.8 Å². The summed E-state index contributed by atoms with van der Waals surface area (Å²) in [6.07, 6.45) is 3.19. The van der Waals surface area contributed by atoms with Crippen molar-refractivity contribution < 1.29 is 5.11 Å². The lowest BCUT2D eigenvalue weighted by Crippen LogP contribution is -2.14. The quantitative estimate of drug-likeness (QED) is 0.884. The molecule has 1 unspecified atom stereocenters. The molecule has 1 heterocycles. The number of nitrogens with zero attached hydrogens (tertiary/aromatic N) is 1. The predicted octanol–water partition coefficient (Wildman–Crippen LogP) is 4.79. The molecule has 0 spiro atoms.